The molecule has 1 heterocycles. The van der Waals surface area contributed by atoms with Crippen molar-refractivity contribution in [1.82, 2.24) is 15.2 Å². The molecular weight excluding hydrogens is 334 g/mol. The van der Waals surface area contributed by atoms with Gasteiger partial charge in [-0.3, -0.25) is 14.4 Å². The number of rotatable bonds is 8. The van der Waals surface area contributed by atoms with Crippen LogP contribution in [0.15, 0.2) is 30.3 Å². The van der Waals surface area contributed by atoms with E-state index in [4.69, 9.17) is 4.74 Å². The molecule has 0 radical (unpaired) electrons. The Morgan fingerprint density at radius 1 is 1.19 bits per heavy atom. The van der Waals surface area contributed by atoms with Crippen LogP contribution in [-0.4, -0.2) is 36.3 Å². The Bertz CT molecular complexity index is 794. The molecule has 1 aromatic heterocycles. The van der Waals surface area contributed by atoms with Gasteiger partial charge < -0.3 is 19.9 Å². The molecule has 0 aliphatic heterocycles. The molecule has 26 heavy (non-hydrogen) atoms. The van der Waals surface area contributed by atoms with E-state index in [0.29, 0.717) is 30.0 Å². The summed E-state index contributed by atoms with van der Waals surface area (Å²) in [6, 6.07) is 8.57. The summed E-state index contributed by atoms with van der Waals surface area (Å²) >= 11 is 0. The van der Waals surface area contributed by atoms with Crippen molar-refractivity contribution in [3.05, 3.63) is 52.8 Å². The van der Waals surface area contributed by atoms with Crippen LogP contribution in [0.4, 0.5) is 0 Å². The van der Waals surface area contributed by atoms with Crippen molar-refractivity contribution in [3.8, 4) is 5.75 Å². The van der Waals surface area contributed by atoms with E-state index in [1.165, 1.54) is 6.92 Å². The second kappa shape index (κ2) is 8.84. The minimum atomic E-state index is -0.215. The molecule has 2 aromatic rings. The second-order valence-electron chi connectivity index (χ2n) is 5.84. The lowest BCUT2D eigenvalue weighted by molar-refractivity contribution is -0.118. The highest BCUT2D eigenvalue weighted by atomic mass is 16.5. The molecule has 0 atom stereocenters. The molecule has 138 valence electrons. The molecule has 2 N–H and O–H groups in total. The van der Waals surface area contributed by atoms with Crippen LogP contribution in [0.2, 0.25) is 0 Å². The zero-order valence-electron chi connectivity index (χ0n) is 15.2. The van der Waals surface area contributed by atoms with E-state index in [-0.39, 0.29) is 18.4 Å². The van der Waals surface area contributed by atoms with E-state index in [1.807, 2.05) is 11.5 Å². The van der Waals surface area contributed by atoms with Crippen molar-refractivity contribution in [2.45, 2.75) is 26.9 Å². The average molecular weight is 357 g/mol. The van der Waals surface area contributed by atoms with Gasteiger partial charge in [-0.05, 0) is 37.3 Å². The molecule has 0 spiro atoms. The lowest BCUT2D eigenvalue weighted by atomic mass is 10.2. The molecule has 0 fully saturated rings. The van der Waals surface area contributed by atoms with E-state index >= 15 is 0 Å². The maximum atomic E-state index is 12.3. The number of amides is 2. The number of nitrogens with zero attached hydrogens (tertiary/aromatic N) is 1. The molecule has 0 aliphatic carbocycles. The predicted octanol–water partition coefficient (Wildman–Crippen LogP) is 1.68. The average Bonchev–Trinajstić information content (AvgIpc) is 2.95. The summed E-state index contributed by atoms with van der Waals surface area (Å²) in [6.07, 6.45) is 0.791. The van der Waals surface area contributed by atoms with Gasteiger partial charge in [-0.15, -0.1) is 0 Å². The van der Waals surface area contributed by atoms with Gasteiger partial charge in [0.25, 0.3) is 5.91 Å². The number of ether oxygens (including phenoxy) is 1. The summed E-state index contributed by atoms with van der Waals surface area (Å²) in [4.78, 5) is 34.6. The largest absolute Gasteiger partial charge is 0.497 e. The highest BCUT2D eigenvalue weighted by molar-refractivity contribution is 5.94. The smallest absolute Gasteiger partial charge is 0.251 e. The number of carbonyl (C=O) groups is 3. The lowest BCUT2D eigenvalue weighted by Crippen LogP contribution is -2.27. The van der Waals surface area contributed by atoms with E-state index in [1.54, 1.807) is 37.4 Å². The minimum absolute atomic E-state index is 0.111. The molecular formula is C19H23N3O4. The maximum Gasteiger partial charge on any atom is 0.251 e. The van der Waals surface area contributed by atoms with Crippen LogP contribution in [0.5, 0.6) is 5.75 Å². The lowest BCUT2D eigenvalue weighted by Gasteiger charge is -2.13. The minimum Gasteiger partial charge on any atom is -0.497 e. The zero-order chi connectivity index (χ0) is 19.1. The molecule has 1 aromatic carbocycles. The van der Waals surface area contributed by atoms with E-state index < -0.39 is 0 Å². The highest BCUT2D eigenvalue weighted by Crippen LogP contribution is 2.15. The monoisotopic (exact) mass is 357 g/mol. The van der Waals surface area contributed by atoms with Crippen molar-refractivity contribution in [3.63, 3.8) is 0 Å². The first-order chi connectivity index (χ1) is 12.5. The van der Waals surface area contributed by atoms with Crippen LogP contribution in [0.25, 0.3) is 0 Å². The summed E-state index contributed by atoms with van der Waals surface area (Å²) in [5, 5.41) is 5.58. The second-order valence-corrected chi connectivity index (χ2v) is 5.84. The van der Waals surface area contributed by atoms with E-state index in [0.717, 1.165) is 17.7 Å². The van der Waals surface area contributed by atoms with Crippen molar-refractivity contribution < 1.29 is 19.1 Å². The van der Waals surface area contributed by atoms with Gasteiger partial charge in [0, 0.05) is 42.5 Å². The topological polar surface area (TPSA) is 89.4 Å². The standard InChI is InChI=1S/C19H23N3O4/c1-13-16(12-23)10-17(22(13)9-8-20-14(2)24)11-21-19(25)15-4-6-18(26-3)7-5-15/h4-7,10,12H,8-9,11H2,1-3H3,(H,20,24)(H,21,25). The maximum absolute atomic E-state index is 12.3. The fraction of sp³-hybridized carbons (Fsp3) is 0.316. The number of hydrogen-bond donors (Lipinski definition) is 2. The molecule has 7 nitrogen and oxygen atoms in total. The van der Waals surface area contributed by atoms with Gasteiger partial charge in [0.2, 0.25) is 5.91 Å². The third-order valence-corrected chi connectivity index (χ3v) is 4.11. The van der Waals surface area contributed by atoms with Crippen LogP contribution >= 0.6 is 0 Å². The van der Waals surface area contributed by atoms with Gasteiger partial charge in [0.05, 0.1) is 13.7 Å². The SMILES string of the molecule is COc1ccc(C(=O)NCc2cc(C=O)c(C)n2CCNC(C)=O)cc1. The van der Waals surface area contributed by atoms with Crippen molar-refractivity contribution in [2.75, 3.05) is 13.7 Å². The van der Waals surface area contributed by atoms with Gasteiger partial charge in [0.15, 0.2) is 6.29 Å². The molecule has 7 heteroatoms. The van der Waals surface area contributed by atoms with Gasteiger partial charge in [-0.1, -0.05) is 0 Å². The fourth-order valence-corrected chi connectivity index (χ4v) is 2.67. The van der Waals surface area contributed by atoms with Crippen LogP contribution < -0.4 is 15.4 Å². The number of hydrogen-bond acceptors (Lipinski definition) is 4. The molecule has 0 aliphatic rings. The molecule has 2 rings (SSSR count). The summed E-state index contributed by atoms with van der Waals surface area (Å²) in [5.74, 6) is 0.354. The van der Waals surface area contributed by atoms with E-state index in [9.17, 15) is 14.4 Å². The first kappa shape index (κ1) is 19.2. The number of aldehydes is 1. The normalized spacial score (nSPS) is 10.3. The summed E-state index contributed by atoms with van der Waals surface area (Å²) < 4.78 is 7.00. The Morgan fingerprint density at radius 3 is 2.46 bits per heavy atom. The van der Waals surface area contributed by atoms with E-state index in [2.05, 4.69) is 10.6 Å². The number of benzene rings is 1. The number of carbonyl (C=O) groups excluding carboxylic acids is 3. The molecule has 0 bridgehead atoms. The number of nitrogens with one attached hydrogen (secondary N) is 2. The third-order valence-electron chi connectivity index (χ3n) is 4.11. The van der Waals surface area contributed by atoms with Crippen LogP contribution in [0.1, 0.15) is 39.0 Å². The predicted molar refractivity (Wildman–Crippen MR) is 97.4 cm³/mol. The first-order valence-electron chi connectivity index (χ1n) is 8.27. The van der Waals surface area contributed by atoms with Gasteiger partial charge in [0.1, 0.15) is 5.75 Å². The molecule has 0 saturated carbocycles. The van der Waals surface area contributed by atoms with Crippen LogP contribution in [-0.2, 0) is 17.9 Å². The Kier molecular flexibility index (Phi) is 6.54. The quantitative estimate of drug-likeness (QED) is 0.704. The Labute approximate surface area is 152 Å². The van der Waals surface area contributed by atoms with Gasteiger partial charge in [-0.2, -0.15) is 0 Å². The molecule has 0 saturated heterocycles. The molecule has 0 unspecified atom stereocenters. The Hall–Kier alpha value is -3.09. The summed E-state index contributed by atoms with van der Waals surface area (Å²) in [6.45, 7) is 4.54. The van der Waals surface area contributed by atoms with Crippen molar-refractivity contribution in [1.29, 1.82) is 0 Å². The first-order valence-corrected chi connectivity index (χ1v) is 8.27. The highest BCUT2D eigenvalue weighted by Gasteiger charge is 2.13. The number of methoxy groups -OCH3 is 1. The number of aromatic nitrogens is 1. The zero-order valence-corrected chi connectivity index (χ0v) is 15.2. The van der Waals surface area contributed by atoms with Gasteiger partial charge >= 0.3 is 0 Å². The third kappa shape index (κ3) is 4.72. The summed E-state index contributed by atoms with van der Waals surface area (Å²) in [5.41, 5.74) is 2.70. The van der Waals surface area contributed by atoms with Crippen LogP contribution in [0.3, 0.4) is 0 Å². The van der Waals surface area contributed by atoms with Crippen molar-refractivity contribution >= 4 is 18.1 Å². The summed E-state index contributed by atoms with van der Waals surface area (Å²) in [7, 11) is 1.57. The van der Waals surface area contributed by atoms with Crippen molar-refractivity contribution in [2.24, 2.45) is 0 Å². The van der Waals surface area contributed by atoms with Crippen LogP contribution in [0, 0.1) is 6.92 Å². The van der Waals surface area contributed by atoms with Gasteiger partial charge in [-0.25, -0.2) is 0 Å². The fourth-order valence-electron chi connectivity index (χ4n) is 2.67. The Balaban J connectivity index is 2.08. The Morgan fingerprint density at radius 2 is 1.88 bits per heavy atom. The molecule has 2 amide bonds.